The molecule has 3 N–H and O–H groups in total. The Kier molecular flexibility index (Phi) is 3.70. The number of rotatable bonds is 5. The predicted molar refractivity (Wildman–Crippen MR) is 69.3 cm³/mol. The SMILES string of the molecule is Cc1o[nH]c(=O)c1CC(Nc1ccccc1)C(=O)O. The number of carbonyl (C=O) groups is 1. The Morgan fingerprint density at radius 2 is 2.11 bits per heavy atom. The summed E-state index contributed by atoms with van der Waals surface area (Å²) in [4.78, 5) is 22.7. The number of hydrogen-bond acceptors (Lipinski definition) is 4. The maximum absolute atomic E-state index is 11.5. The fourth-order valence-corrected chi connectivity index (χ4v) is 1.78. The van der Waals surface area contributed by atoms with Crippen molar-refractivity contribution in [3.8, 4) is 0 Å². The van der Waals surface area contributed by atoms with Crippen molar-refractivity contribution in [3.05, 3.63) is 52.0 Å². The first-order valence-electron chi connectivity index (χ1n) is 5.79. The van der Waals surface area contributed by atoms with E-state index in [9.17, 15) is 14.7 Å². The molecule has 6 heteroatoms. The molecule has 1 atom stereocenters. The third-order valence-corrected chi connectivity index (χ3v) is 2.82. The van der Waals surface area contributed by atoms with Crippen LogP contribution in [0.3, 0.4) is 0 Å². The van der Waals surface area contributed by atoms with E-state index in [1.807, 2.05) is 6.07 Å². The topological polar surface area (TPSA) is 95.3 Å². The molecule has 0 radical (unpaired) electrons. The number of para-hydroxylation sites is 1. The zero-order valence-corrected chi connectivity index (χ0v) is 10.3. The Hall–Kier alpha value is -2.50. The van der Waals surface area contributed by atoms with E-state index in [2.05, 4.69) is 10.5 Å². The summed E-state index contributed by atoms with van der Waals surface area (Å²) in [6.45, 7) is 1.62. The summed E-state index contributed by atoms with van der Waals surface area (Å²) in [5.41, 5.74) is 0.641. The van der Waals surface area contributed by atoms with Crippen LogP contribution in [0.5, 0.6) is 0 Å². The summed E-state index contributed by atoms with van der Waals surface area (Å²) in [6, 6.07) is 8.09. The monoisotopic (exact) mass is 262 g/mol. The van der Waals surface area contributed by atoms with Crippen molar-refractivity contribution in [3.63, 3.8) is 0 Å². The Balaban J connectivity index is 2.18. The summed E-state index contributed by atoms with van der Waals surface area (Å²) >= 11 is 0. The van der Waals surface area contributed by atoms with E-state index in [4.69, 9.17) is 4.52 Å². The number of aliphatic carboxylic acids is 1. The van der Waals surface area contributed by atoms with Gasteiger partial charge in [-0.1, -0.05) is 18.2 Å². The molecule has 2 rings (SSSR count). The van der Waals surface area contributed by atoms with Crippen molar-refractivity contribution in [2.75, 3.05) is 5.32 Å². The van der Waals surface area contributed by atoms with Crippen LogP contribution in [0.15, 0.2) is 39.6 Å². The van der Waals surface area contributed by atoms with Crippen LogP contribution < -0.4 is 10.9 Å². The normalized spacial score (nSPS) is 12.1. The van der Waals surface area contributed by atoms with Crippen molar-refractivity contribution in [2.45, 2.75) is 19.4 Å². The van der Waals surface area contributed by atoms with Gasteiger partial charge in [-0.2, -0.15) is 5.16 Å². The molecular formula is C13H14N2O4. The van der Waals surface area contributed by atoms with Crippen molar-refractivity contribution < 1.29 is 14.4 Å². The van der Waals surface area contributed by atoms with E-state index in [0.717, 1.165) is 0 Å². The minimum absolute atomic E-state index is 0.0574. The lowest BCUT2D eigenvalue weighted by Crippen LogP contribution is -2.33. The highest BCUT2D eigenvalue weighted by atomic mass is 16.5. The van der Waals surface area contributed by atoms with Crippen molar-refractivity contribution in [1.82, 2.24) is 5.16 Å². The molecule has 0 aliphatic carbocycles. The smallest absolute Gasteiger partial charge is 0.326 e. The lowest BCUT2D eigenvalue weighted by Gasteiger charge is -2.14. The molecule has 0 fully saturated rings. The van der Waals surface area contributed by atoms with Crippen LogP contribution in [0, 0.1) is 6.92 Å². The summed E-state index contributed by atoms with van der Waals surface area (Å²) in [7, 11) is 0. The molecule has 1 aromatic heterocycles. The molecule has 100 valence electrons. The lowest BCUT2D eigenvalue weighted by molar-refractivity contribution is -0.137. The number of carboxylic acids is 1. The number of benzene rings is 1. The number of aromatic nitrogens is 1. The summed E-state index contributed by atoms with van der Waals surface area (Å²) in [5.74, 6) is -0.616. The highest BCUT2D eigenvalue weighted by Crippen LogP contribution is 2.11. The highest BCUT2D eigenvalue weighted by molar-refractivity contribution is 5.77. The van der Waals surface area contributed by atoms with Gasteiger partial charge in [0.25, 0.3) is 5.56 Å². The number of H-pyrrole nitrogens is 1. The van der Waals surface area contributed by atoms with Gasteiger partial charge in [-0.15, -0.1) is 0 Å². The molecule has 0 aliphatic rings. The van der Waals surface area contributed by atoms with Crippen LogP contribution in [-0.2, 0) is 11.2 Å². The first-order valence-corrected chi connectivity index (χ1v) is 5.79. The lowest BCUT2D eigenvalue weighted by atomic mass is 10.1. The number of aryl methyl sites for hydroxylation is 1. The fourth-order valence-electron chi connectivity index (χ4n) is 1.78. The quantitative estimate of drug-likeness (QED) is 0.756. The molecule has 0 saturated heterocycles. The highest BCUT2D eigenvalue weighted by Gasteiger charge is 2.22. The number of carboxylic acid groups (broad SMARTS) is 1. The van der Waals surface area contributed by atoms with Gasteiger partial charge in [0, 0.05) is 12.1 Å². The Morgan fingerprint density at radius 3 is 2.63 bits per heavy atom. The first-order chi connectivity index (χ1) is 9.08. The third-order valence-electron chi connectivity index (χ3n) is 2.82. The van der Waals surface area contributed by atoms with Crippen LogP contribution in [0.1, 0.15) is 11.3 Å². The zero-order valence-electron chi connectivity index (χ0n) is 10.3. The van der Waals surface area contributed by atoms with Crippen molar-refractivity contribution in [1.29, 1.82) is 0 Å². The molecule has 0 saturated carbocycles. The molecule has 1 aromatic carbocycles. The van der Waals surface area contributed by atoms with E-state index in [1.54, 1.807) is 31.2 Å². The molecule has 6 nitrogen and oxygen atoms in total. The van der Waals surface area contributed by atoms with E-state index in [-0.39, 0.29) is 6.42 Å². The van der Waals surface area contributed by atoms with E-state index in [0.29, 0.717) is 17.0 Å². The number of nitrogens with one attached hydrogen (secondary N) is 2. The number of hydrogen-bond donors (Lipinski definition) is 3. The fraction of sp³-hybridized carbons (Fsp3) is 0.231. The van der Waals surface area contributed by atoms with Gasteiger partial charge in [0.15, 0.2) is 0 Å². The molecule has 0 bridgehead atoms. The molecule has 0 spiro atoms. The maximum Gasteiger partial charge on any atom is 0.326 e. The van der Waals surface area contributed by atoms with Crippen LogP contribution >= 0.6 is 0 Å². The molecule has 0 aliphatic heterocycles. The van der Waals surface area contributed by atoms with E-state index < -0.39 is 17.6 Å². The first kappa shape index (κ1) is 12.9. The standard InChI is InChI=1S/C13H14N2O4/c1-8-10(12(16)15-19-8)7-11(13(17)18)14-9-5-3-2-4-6-9/h2-6,11,14H,7H2,1H3,(H,15,16)(H,17,18). The molecule has 19 heavy (non-hydrogen) atoms. The van der Waals surface area contributed by atoms with Gasteiger partial charge in [-0.05, 0) is 19.1 Å². The minimum atomic E-state index is -1.02. The summed E-state index contributed by atoms with van der Waals surface area (Å²) < 4.78 is 4.87. The maximum atomic E-state index is 11.5. The minimum Gasteiger partial charge on any atom is -0.480 e. The van der Waals surface area contributed by atoms with Crippen LogP contribution in [-0.4, -0.2) is 22.3 Å². The van der Waals surface area contributed by atoms with E-state index in [1.165, 1.54) is 0 Å². The zero-order chi connectivity index (χ0) is 13.8. The second-order valence-electron chi connectivity index (χ2n) is 4.17. The van der Waals surface area contributed by atoms with Gasteiger partial charge in [0.2, 0.25) is 0 Å². The van der Waals surface area contributed by atoms with Crippen molar-refractivity contribution in [2.24, 2.45) is 0 Å². The second-order valence-corrected chi connectivity index (χ2v) is 4.17. The van der Waals surface area contributed by atoms with E-state index >= 15 is 0 Å². The van der Waals surface area contributed by atoms with Crippen LogP contribution in [0.25, 0.3) is 0 Å². The van der Waals surface area contributed by atoms with Crippen molar-refractivity contribution >= 4 is 11.7 Å². The summed E-state index contributed by atoms with van der Waals surface area (Å²) in [5, 5.41) is 14.3. The summed E-state index contributed by atoms with van der Waals surface area (Å²) in [6.07, 6.45) is 0.0574. The number of anilines is 1. The molecule has 1 heterocycles. The Bertz CT molecular complexity index is 615. The second kappa shape index (κ2) is 5.43. The van der Waals surface area contributed by atoms with Gasteiger partial charge >= 0.3 is 5.97 Å². The average Bonchev–Trinajstić information content (AvgIpc) is 2.70. The van der Waals surface area contributed by atoms with Gasteiger partial charge in [0.1, 0.15) is 11.8 Å². The molecular weight excluding hydrogens is 248 g/mol. The van der Waals surface area contributed by atoms with Gasteiger partial charge < -0.3 is 14.9 Å². The largest absolute Gasteiger partial charge is 0.480 e. The van der Waals surface area contributed by atoms with Gasteiger partial charge in [-0.25, -0.2) is 4.79 Å². The van der Waals surface area contributed by atoms with Crippen LogP contribution in [0.2, 0.25) is 0 Å². The van der Waals surface area contributed by atoms with Gasteiger partial charge in [0.05, 0.1) is 5.56 Å². The Labute approximate surface area is 109 Å². The third kappa shape index (κ3) is 3.04. The molecule has 1 unspecified atom stereocenters. The Morgan fingerprint density at radius 1 is 1.42 bits per heavy atom. The van der Waals surface area contributed by atoms with Gasteiger partial charge in [-0.3, -0.25) is 4.79 Å². The predicted octanol–water partition coefficient (Wildman–Crippen LogP) is 1.38. The van der Waals surface area contributed by atoms with Crippen LogP contribution in [0.4, 0.5) is 5.69 Å². The molecule has 2 aromatic rings. The average molecular weight is 262 g/mol. The number of aromatic amines is 1. The molecule has 0 amide bonds.